The van der Waals surface area contributed by atoms with E-state index in [4.69, 9.17) is 16.3 Å². The number of hydrogen-bond donors (Lipinski definition) is 1. The van der Waals surface area contributed by atoms with Gasteiger partial charge in [0.1, 0.15) is 5.75 Å². The van der Waals surface area contributed by atoms with Crippen molar-refractivity contribution in [3.05, 3.63) is 59.1 Å². The van der Waals surface area contributed by atoms with Gasteiger partial charge >= 0.3 is 0 Å². The predicted octanol–water partition coefficient (Wildman–Crippen LogP) is 6.12. The minimum atomic E-state index is 0.719. The first-order chi connectivity index (χ1) is 11.7. The molecule has 0 amide bonds. The minimum absolute atomic E-state index is 0.719. The zero-order valence-corrected chi connectivity index (χ0v) is 15.1. The zero-order valence-electron chi connectivity index (χ0n) is 14.3. The lowest BCUT2D eigenvalue weighted by molar-refractivity contribution is 0.315. The number of hydrogen-bond acceptors (Lipinski definition) is 2. The highest BCUT2D eigenvalue weighted by Crippen LogP contribution is 2.37. The van der Waals surface area contributed by atoms with Gasteiger partial charge in [0.15, 0.2) is 0 Å². The Morgan fingerprint density at radius 1 is 0.958 bits per heavy atom. The lowest BCUT2D eigenvalue weighted by Gasteiger charge is -2.29. The summed E-state index contributed by atoms with van der Waals surface area (Å²) < 4.78 is 5.25. The van der Waals surface area contributed by atoms with Crippen LogP contribution in [-0.4, -0.2) is 13.7 Å². The molecule has 0 atom stereocenters. The van der Waals surface area contributed by atoms with E-state index in [1.165, 1.54) is 37.7 Å². The maximum atomic E-state index is 5.91. The Hall–Kier alpha value is -1.67. The van der Waals surface area contributed by atoms with E-state index in [1.807, 2.05) is 24.3 Å². The van der Waals surface area contributed by atoms with Crippen molar-refractivity contribution in [3.63, 3.8) is 0 Å². The van der Waals surface area contributed by atoms with Crippen LogP contribution in [0.25, 0.3) is 0 Å². The third-order valence-electron chi connectivity index (χ3n) is 5.16. The monoisotopic (exact) mass is 343 g/mol. The van der Waals surface area contributed by atoms with Crippen molar-refractivity contribution in [1.29, 1.82) is 0 Å². The van der Waals surface area contributed by atoms with E-state index >= 15 is 0 Å². The normalized spacial score (nSPS) is 20.6. The fraction of sp³-hybridized carbons (Fsp3) is 0.429. The van der Waals surface area contributed by atoms with Crippen LogP contribution >= 0.6 is 11.6 Å². The van der Waals surface area contributed by atoms with Gasteiger partial charge in [0.05, 0.1) is 7.11 Å². The molecule has 0 saturated heterocycles. The third-order valence-corrected chi connectivity index (χ3v) is 5.41. The molecule has 0 radical (unpaired) electrons. The van der Waals surface area contributed by atoms with E-state index in [1.54, 1.807) is 7.11 Å². The molecule has 0 spiro atoms. The number of methoxy groups -OCH3 is 1. The number of anilines is 1. The van der Waals surface area contributed by atoms with Gasteiger partial charge in [0, 0.05) is 17.3 Å². The Morgan fingerprint density at radius 3 is 2.25 bits per heavy atom. The molecule has 2 aromatic rings. The van der Waals surface area contributed by atoms with Crippen LogP contribution in [0.5, 0.6) is 5.75 Å². The average Bonchev–Trinajstić information content (AvgIpc) is 2.64. The lowest BCUT2D eigenvalue weighted by Crippen LogP contribution is -2.16. The molecule has 1 N–H and O–H groups in total. The second kappa shape index (κ2) is 8.43. The predicted molar refractivity (Wildman–Crippen MR) is 102 cm³/mol. The van der Waals surface area contributed by atoms with Crippen LogP contribution in [0.2, 0.25) is 5.02 Å². The molecule has 0 bridgehead atoms. The molecule has 3 heteroatoms. The van der Waals surface area contributed by atoms with Gasteiger partial charge < -0.3 is 10.1 Å². The largest absolute Gasteiger partial charge is 0.497 e. The minimum Gasteiger partial charge on any atom is -0.497 e. The summed E-state index contributed by atoms with van der Waals surface area (Å²) in [5.74, 6) is 2.51. The zero-order chi connectivity index (χ0) is 16.8. The van der Waals surface area contributed by atoms with Crippen molar-refractivity contribution >= 4 is 17.3 Å². The Labute approximate surface area is 150 Å². The van der Waals surface area contributed by atoms with Gasteiger partial charge in [-0.2, -0.15) is 0 Å². The van der Waals surface area contributed by atoms with Crippen molar-refractivity contribution in [3.8, 4) is 5.75 Å². The van der Waals surface area contributed by atoms with Gasteiger partial charge in [-0.3, -0.25) is 0 Å². The van der Waals surface area contributed by atoms with Crippen molar-refractivity contribution in [2.24, 2.45) is 5.92 Å². The molecule has 1 fully saturated rings. The van der Waals surface area contributed by atoms with E-state index in [9.17, 15) is 0 Å². The van der Waals surface area contributed by atoms with Crippen LogP contribution in [0.1, 0.15) is 43.6 Å². The van der Waals surface area contributed by atoms with E-state index in [0.29, 0.717) is 0 Å². The Balaban J connectivity index is 1.40. The van der Waals surface area contributed by atoms with Gasteiger partial charge in [-0.05, 0) is 85.9 Å². The summed E-state index contributed by atoms with van der Waals surface area (Å²) in [4.78, 5) is 0. The number of nitrogens with one attached hydrogen (secondary N) is 1. The van der Waals surface area contributed by atoms with Gasteiger partial charge in [0.25, 0.3) is 0 Å². The van der Waals surface area contributed by atoms with Gasteiger partial charge in [-0.25, -0.2) is 0 Å². The maximum Gasteiger partial charge on any atom is 0.118 e. The number of ether oxygens (including phenoxy) is 1. The summed E-state index contributed by atoms with van der Waals surface area (Å²) >= 11 is 5.91. The summed E-state index contributed by atoms with van der Waals surface area (Å²) in [7, 11) is 1.72. The van der Waals surface area contributed by atoms with E-state index in [0.717, 1.165) is 34.8 Å². The van der Waals surface area contributed by atoms with Crippen molar-refractivity contribution in [1.82, 2.24) is 0 Å². The molecule has 2 nitrogen and oxygen atoms in total. The van der Waals surface area contributed by atoms with Gasteiger partial charge in [-0.1, -0.05) is 23.7 Å². The molecule has 1 saturated carbocycles. The summed E-state index contributed by atoms with van der Waals surface area (Å²) in [6.45, 7) is 1.04. The molecule has 0 aromatic heterocycles. The standard InChI is InChI=1S/C21H26ClNO/c1-24-21-12-6-18(7-13-21)17-4-2-16(3-5-17)14-15-23-20-10-8-19(22)9-11-20/h6-13,16-17,23H,2-5,14-15H2,1H3. The number of rotatable bonds is 6. The number of halogens is 1. The molecule has 0 aliphatic heterocycles. The lowest BCUT2D eigenvalue weighted by atomic mass is 9.77. The van der Waals surface area contributed by atoms with Gasteiger partial charge in [-0.15, -0.1) is 0 Å². The van der Waals surface area contributed by atoms with E-state index in [-0.39, 0.29) is 0 Å². The average molecular weight is 344 g/mol. The summed E-state index contributed by atoms with van der Waals surface area (Å²) in [5.41, 5.74) is 2.62. The topological polar surface area (TPSA) is 21.3 Å². The SMILES string of the molecule is COc1ccc(C2CCC(CCNc3ccc(Cl)cc3)CC2)cc1. The Morgan fingerprint density at radius 2 is 1.62 bits per heavy atom. The molecule has 1 aliphatic rings. The summed E-state index contributed by atoms with van der Waals surface area (Å²) in [6.07, 6.45) is 6.52. The summed E-state index contributed by atoms with van der Waals surface area (Å²) in [6, 6.07) is 16.6. The maximum absolute atomic E-state index is 5.91. The molecule has 3 rings (SSSR count). The van der Waals surface area contributed by atoms with Crippen LogP contribution in [0, 0.1) is 5.92 Å². The highest BCUT2D eigenvalue weighted by Gasteiger charge is 2.22. The Bertz CT molecular complexity index is 615. The van der Waals surface area contributed by atoms with E-state index < -0.39 is 0 Å². The van der Waals surface area contributed by atoms with Crippen LogP contribution < -0.4 is 10.1 Å². The number of benzene rings is 2. The molecular weight excluding hydrogens is 318 g/mol. The first-order valence-electron chi connectivity index (χ1n) is 8.88. The first kappa shape index (κ1) is 17.2. The first-order valence-corrected chi connectivity index (χ1v) is 9.26. The van der Waals surface area contributed by atoms with Crippen molar-refractivity contribution in [2.75, 3.05) is 19.0 Å². The van der Waals surface area contributed by atoms with E-state index in [2.05, 4.69) is 29.6 Å². The molecule has 2 aromatic carbocycles. The summed E-state index contributed by atoms with van der Waals surface area (Å²) in [5, 5.41) is 4.29. The molecular formula is C21H26ClNO. The third kappa shape index (κ3) is 4.67. The van der Waals surface area contributed by atoms with Crippen LogP contribution in [0.4, 0.5) is 5.69 Å². The fourth-order valence-corrected chi connectivity index (χ4v) is 3.77. The van der Waals surface area contributed by atoms with Crippen LogP contribution in [0.15, 0.2) is 48.5 Å². The van der Waals surface area contributed by atoms with Crippen LogP contribution in [-0.2, 0) is 0 Å². The van der Waals surface area contributed by atoms with Crippen LogP contribution in [0.3, 0.4) is 0 Å². The molecule has 128 valence electrons. The smallest absolute Gasteiger partial charge is 0.118 e. The van der Waals surface area contributed by atoms with Crippen molar-refractivity contribution < 1.29 is 4.74 Å². The highest BCUT2D eigenvalue weighted by atomic mass is 35.5. The van der Waals surface area contributed by atoms with Gasteiger partial charge in [0.2, 0.25) is 0 Å². The molecule has 0 heterocycles. The second-order valence-corrected chi connectivity index (χ2v) is 7.15. The molecule has 1 aliphatic carbocycles. The highest BCUT2D eigenvalue weighted by molar-refractivity contribution is 6.30. The Kier molecular flexibility index (Phi) is 6.03. The quantitative estimate of drug-likeness (QED) is 0.681. The van der Waals surface area contributed by atoms with Crippen molar-refractivity contribution in [2.45, 2.75) is 38.0 Å². The molecule has 24 heavy (non-hydrogen) atoms. The molecule has 0 unspecified atom stereocenters. The fourth-order valence-electron chi connectivity index (χ4n) is 3.65. The second-order valence-electron chi connectivity index (χ2n) is 6.71.